The van der Waals surface area contributed by atoms with E-state index < -0.39 is 41.1 Å². The van der Waals surface area contributed by atoms with Crippen molar-refractivity contribution in [1.82, 2.24) is 0 Å². The van der Waals surface area contributed by atoms with E-state index in [-0.39, 0.29) is 11.1 Å². The highest BCUT2D eigenvalue weighted by molar-refractivity contribution is 5.96. The van der Waals surface area contributed by atoms with Gasteiger partial charge in [-0.2, -0.15) is 13.2 Å². The summed E-state index contributed by atoms with van der Waals surface area (Å²) in [4.78, 5) is 11.2. The van der Waals surface area contributed by atoms with Crippen molar-refractivity contribution < 1.29 is 36.6 Å². The number of hydrogen-bond acceptors (Lipinski definition) is 2. The molecule has 120 valence electrons. The summed E-state index contributed by atoms with van der Waals surface area (Å²) in [6, 6.07) is 2.38. The van der Waals surface area contributed by atoms with Crippen molar-refractivity contribution in [2.24, 2.45) is 5.92 Å². The number of carbonyl (C=O) groups is 1. The van der Waals surface area contributed by atoms with Gasteiger partial charge >= 0.3 is 12.1 Å². The summed E-state index contributed by atoms with van der Waals surface area (Å²) in [6.07, 6.45) is -4.84. The van der Waals surface area contributed by atoms with E-state index in [1.807, 2.05) is 0 Å². The van der Waals surface area contributed by atoms with Gasteiger partial charge in [-0.15, -0.1) is 0 Å². The van der Waals surface area contributed by atoms with Crippen LogP contribution in [-0.2, 0) is 9.53 Å². The minimum Gasteiger partial charge on any atom is -0.475 e. The van der Waals surface area contributed by atoms with Crippen LogP contribution in [0.1, 0.15) is 19.4 Å². The third-order valence-electron chi connectivity index (χ3n) is 3.81. The van der Waals surface area contributed by atoms with Crippen LogP contribution in [0.15, 0.2) is 24.0 Å². The molecule has 22 heavy (non-hydrogen) atoms. The topological polar surface area (TPSA) is 46.5 Å². The molecule has 1 aliphatic heterocycles. The highest BCUT2D eigenvalue weighted by Crippen LogP contribution is 2.51. The minimum absolute atomic E-state index is 0.170. The maximum atomic E-state index is 13.3. The molecule has 1 heterocycles. The third kappa shape index (κ3) is 2.32. The van der Waals surface area contributed by atoms with Gasteiger partial charge < -0.3 is 9.84 Å². The Balaban J connectivity index is 2.61. The molecule has 1 aliphatic rings. The molecule has 2 unspecified atom stereocenters. The first-order valence-corrected chi connectivity index (χ1v) is 6.17. The highest BCUT2D eigenvalue weighted by atomic mass is 19.4. The van der Waals surface area contributed by atoms with E-state index in [0.717, 1.165) is 13.0 Å². The second kappa shape index (κ2) is 4.96. The highest BCUT2D eigenvalue weighted by Gasteiger charge is 2.62. The molecule has 0 spiro atoms. The molecule has 0 amide bonds. The van der Waals surface area contributed by atoms with Crippen molar-refractivity contribution in [2.45, 2.75) is 25.6 Å². The SMILES string of the molecule is CC1C(c2ccc(F)c(F)c2)=C(C(=O)O)OC1(C)C(F)(F)F. The average molecular weight is 322 g/mol. The lowest BCUT2D eigenvalue weighted by Gasteiger charge is -2.32. The van der Waals surface area contributed by atoms with Gasteiger partial charge in [0.1, 0.15) is 0 Å². The molecule has 0 aromatic heterocycles. The molecule has 8 heteroatoms. The molecular weight excluding hydrogens is 311 g/mol. The molecule has 2 rings (SSSR count). The number of alkyl halides is 3. The van der Waals surface area contributed by atoms with Gasteiger partial charge in [-0.25, -0.2) is 13.6 Å². The van der Waals surface area contributed by atoms with Crippen molar-refractivity contribution in [2.75, 3.05) is 0 Å². The Labute approximate surface area is 122 Å². The number of aliphatic carboxylic acids is 1. The second-order valence-corrected chi connectivity index (χ2v) is 5.11. The predicted octanol–water partition coefficient (Wildman–Crippen LogP) is 3.75. The minimum atomic E-state index is -4.84. The molecule has 0 saturated carbocycles. The van der Waals surface area contributed by atoms with Gasteiger partial charge in [-0.05, 0) is 24.6 Å². The first kappa shape index (κ1) is 16.3. The Morgan fingerprint density at radius 3 is 2.32 bits per heavy atom. The molecular formula is C14H11F5O3. The van der Waals surface area contributed by atoms with E-state index in [1.54, 1.807) is 0 Å². The smallest absolute Gasteiger partial charge is 0.428 e. The second-order valence-electron chi connectivity index (χ2n) is 5.11. The first-order chi connectivity index (χ1) is 9.99. The van der Waals surface area contributed by atoms with E-state index in [9.17, 15) is 26.7 Å². The maximum Gasteiger partial charge on any atom is 0.428 e. The quantitative estimate of drug-likeness (QED) is 0.844. The molecule has 0 saturated heterocycles. The fourth-order valence-electron chi connectivity index (χ4n) is 2.33. The summed E-state index contributed by atoms with van der Waals surface area (Å²) in [5, 5.41) is 9.07. The van der Waals surface area contributed by atoms with Gasteiger partial charge in [0.2, 0.25) is 11.4 Å². The van der Waals surface area contributed by atoms with Gasteiger partial charge in [0.15, 0.2) is 11.6 Å². The van der Waals surface area contributed by atoms with Gasteiger partial charge in [0, 0.05) is 11.5 Å². The lowest BCUT2D eigenvalue weighted by molar-refractivity contribution is -0.262. The molecule has 0 radical (unpaired) electrons. The van der Waals surface area contributed by atoms with E-state index in [0.29, 0.717) is 19.1 Å². The van der Waals surface area contributed by atoms with Gasteiger partial charge in [-0.3, -0.25) is 0 Å². The summed E-state index contributed by atoms with van der Waals surface area (Å²) < 4.78 is 70.5. The zero-order chi connectivity index (χ0) is 16.9. The number of carboxylic acid groups (broad SMARTS) is 1. The van der Waals surface area contributed by atoms with Crippen LogP contribution in [0.4, 0.5) is 22.0 Å². The molecule has 0 bridgehead atoms. The number of halogens is 5. The Morgan fingerprint density at radius 2 is 1.86 bits per heavy atom. The normalized spacial score (nSPS) is 25.3. The Hall–Kier alpha value is -2.12. The van der Waals surface area contributed by atoms with Crippen molar-refractivity contribution in [3.05, 3.63) is 41.2 Å². The lowest BCUT2D eigenvalue weighted by Crippen LogP contribution is -2.47. The van der Waals surface area contributed by atoms with Crippen LogP contribution in [0.25, 0.3) is 5.57 Å². The lowest BCUT2D eigenvalue weighted by atomic mass is 9.82. The van der Waals surface area contributed by atoms with Crippen LogP contribution in [0.3, 0.4) is 0 Å². The van der Waals surface area contributed by atoms with E-state index in [1.165, 1.54) is 0 Å². The Kier molecular flexibility index (Phi) is 3.67. The van der Waals surface area contributed by atoms with Gasteiger partial charge in [0.05, 0.1) is 0 Å². The number of carboxylic acids is 1. The molecule has 1 aromatic carbocycles. The Bertz CT molecular complexity index is 665. The average Bonchev–Trinajstić information content (AvgIpc) is 2.67. The maximum absolute atomic E-state index is 13.3. The molecule has 1 aromatic rings. The van der Waals surface area contributed by atoms with Crippen LogP contribution in [0, 0.1) is 17.6 Å². The molecule has 2 atom stereocenters. The van der Waals surface area contributed by atoms with Crippen LogP contribution in [0.2, 0.25) is 0 Å². The molecule has 1 N–H and O–H groups in total. The van der Waals surface area contributed by atoms with Gasteiger partial charge in [0.25, 0.3) is 0 Å². The number of ether oxygens (including phenoxy) is 1. The van der Waals surface area contributed by atoms with Gasteiger partial charge in [-0.1, -0.05) is 13.0 Å². The molecule has 0 fully saturated rings. The Morgan fingerprint density at radius 1 is 1.27 bits per heavy atom. The van der Waals surface area contributed by atoms with Crippen molar-refractivity contribution in [3.8, 4) is 0 Å². The monoisotopic (exact) mass is 322 g/mol. The first-order valence-electron chi connectivity index (χ1n) is 6.17. The van der Waals surface area contributed by atoms with Crippen LogP contribution in [0.5, 0.6) is 0 Å². The standard InChI is InChI=1S/C14H11F5O3/c1-6-10(7-3-4-8(15)9(16)5-7)11(12(20)21)22-13(6,2)14(17,18)19/h3-6H,1-2H3,(H,20,21). The third-order valence-corrected chi connectivity index (χ3v) is 3.81. The summed E-state index contributed by atoms with van der Waals surface area (Å²) in [6.45, 7) is 1.84. The summed E-state index contributed by atoms with van der Waals surface area (Å²) in [7, 11) is 0. The summed E-state index contributed by atoms with van der Waals surface area (Å²) in [5.74, 6) is -6.52. The molecule has 0 aliphatic carbocycles. The number of rotatable bonds is 2. The number of benzene rings is 1. The summed E-state index contributed by atoms with van der Waals surface area (Å²) in [5.41, 5.74) is -3.26. The van der Waals surface area contributed by atoms with Crippen LogP contribution in [-0.4, -0.2) is 22.9 Å². The fourth-order valence-corrected chi connectivity index (χ4v) is 2.33. The van der Waals surface area contributed by atoms with Crippen LogP contribution < -0.4 is 0 Å². The zero-order valence-electron chi connectivity index (χ0n) is 11.5. The zero-order valence-corrected chi connectivity index (χ0v) is 11.5. The largest absolute Gasteiger partial charge is 0.475 e. The molecule has 3 nitrogen and oxygen atoms in total. The fraction of sp³-hybridized carbons (Fsp3) is 0.357. The van der Waals surface area contributed by atoms with Crippen molar-refractivity contribution >= 4 is 11.5 Å². The van der Waals surface area contributed by atoms with E-state index >= 15 is 0 Å². The van der Waals surface area contributed by atoms with Crippen molar-refractivity contribution in [3.63, 3.8) is 0 Å². The summed E-state index contributed by atoms with van der Waals surface area (Å²) >= 11 is 0. The van der Waals surface area contributed by atoms with E-state index in [2.05, 4.69) is 4.74 Å². The number of hydrogen-bond donors (Lipinski definition) is 1. The predicted molar refractivity (Wildman–Crippen MR) is 65.6 cm³/mol. The van der Waals surface area contributed by atoms with E-state index in [4.69, 9.17) is 5.11 Å². The van der Waals surface area contributed by atoms with Crippen molar-refractivity contribution in [1.29, 1.82) is 0 Å². The van der Waals surface area contributed by atoms with Crippen LogP contribution >= 0.6 is 0 Å².